The average Bonchev–Trinajstić information content (AvgIpc) is 3.12. The van der Waals surface area contributed by atoms with E-state index in [2.05, 4.69) is 20.8 Å². The molecule has 1 aliphatic rings. The molecule has 1 aliphatic heterocycles. The summed E-state index contributed by atoms with van der Waals surface area (Å²) >= 11 is 0. The molecule has 2 aromatic rings. The van der Waals surface area contributed by atoms with E-state index in [4.69, 9.17) is 13.9 Å². The zero-order valence-corrected chi connectivity index (χ0v) is 14.9. The van der Waals surface area contributed by atoms with Crippen LogP contribution in [-0.2, 0) is 4.74 Å². The van der Waals surface area contributed by atoms with Crippen LogP contribution >= 0.6 is 0 Å². The van der Waals surface area contributed by atoms with Crippen LogP contribution in [0.15, 0.2) is 33.5 Å². The van der Waals surface area contributed by atoms with Gasteiger partial charge in [0.2, 0.25) is 0 Å². The zero-order chi connectivity index (χ0) is 17.3. The summed E-state index contributed by atoms with van der Waals surface area (Å²) in [5.74, 6) is 1.35. The summed E-state index contributed by atoms with van der Waals surface area (Å²) in [6.45, 7) is 9.11. The second-order valence-corrected chi connectivity index (χ2v) is 7.44. The molecule has 0 amide bonds. The molecule has 0 aliphatic carbocycles. The molecule has 3 rings (SSSR count). The van der Waals surface area contributed by atoms with Crippen molar-refractivity contribution in [2.24, 2.45) is 5.92 Å². The molecular weight excluding hydrogens is 304 g/mol. The predicted octanol–water partition coefficient (Wildman–Crippen LogP) is 4.46. The highest BCUT2D eigenvalue weighted by molar-refractivity contribution is 5.81. The van der Waals surface area contributed by atoms with Gasteiger partial charge in [-0.15, -0.1) is 0 Å². The fourth-order valence-corrected chi connectivity index (χ4v) is 3.09. The van der Waals surface area contributed by atoms with E-state index >= 15 is 0 Å². The number of aryl methyl sites for hydroxylation is 1. The smallest absolute Gasteiger partial charge is 0.336 e. The second kappa shape index (κ2) is 6.60. The zero-order valence-electron chi connectivity index (χ0n) is 14.9. The number of hydrogen-bond donors (Lipinski definition) is 0. The summed E-state index contributed by atoms with van der Waals surface area (Å²) in [4.78, 5) is 11.5. The van der Waals surface area contributed by atoms with Crippen molar-refractivity contribution < 1.29 is 13.9 Å². The quantitative estimate of drug-likeness (QED) is 0.555. The van der Waals surface area contributed by atoms with E-state index in [0.29, 0.717) is 24.2 Å². The van der Waals surface area contributed by atoms with Crippen LogP contribution in [0.2, 0.25) is 0 Å². The highest BCUT2D eigenvalue weighted by Crippen LogP contribution is 2.39. The molecule has 1 fully saturated rings. The fraction of sp³-hybridized carbons (Fsp3) is 0.550. The van der Waals surface area contributed by atoms with E-state index in [9.17, 15) is 4.79 Å². The van der Waals surface area contributed by atoms with Crippen molar-refractivity contribution >= 4 is 11.0 Å². The van der Waals surface area contributed by atoms with Crippen LogP contribution in [0.1, 0.15) is 45.6 Å². The Morgan fingerprint density at radius 1 is 1.25 bits per heavy atom. The second-order valence-electron chi connectivity index (χ2n) is 7.44. The van der Waals surface area contributed by atoms with Crippen LogP contribution in [-0.4, -0.2) is 18.3 Å². The molecule has 2 heterocycles. The third kappa shape index (κ3) is 3.99. The maximum absolute atomic E-state index is 11.5. The molecule has 1 aromatic carbocycles. The van der Waals surface area contributed by atoms with Crippen LogP contribution in [0.4, 0.5) is 0 Å². The maximum atomic E-state index is 11.5. The van der Waals surface area contributed by atoms with Crippen molar-refractivity contribution in [1.82, 2.24) is 0 Å². The summed E-state index contributed by atoms with van der Waals surface area (Å²) in [7, 11) is 0. The molecule has 0 bridgehead atoms. The van der Waals surface area contributed by atoms with Gasteiger partial charge in [-0.2, -0.15) is 0 Å². The molecule has 24 heavy (non-hydrogen) atoms. The van der Waals surface area contributed by atoms with Gasteiger partial charge < -0.3 is 13.9 Å². The van der Waals surface area contributed by atoms with Crippen LogP contribution < -0.4 is 10.4 Å². The monoisotopic (exact) mass is 330 g/mol. The SMILES string of the molecule is Cc1cc(=O)oc2cc(OCC[C@H](C)CCC3OC3(C)C)ccc12. The Labute approximate surface area is 142 Å². The first kappa shape index (κ1) is 17.0. The fourth-order valence-electron chi connectivity index (χ4n) is 3.09. The Bertz CT molecular complexity index is 775. The molecule has 4 heteroatoms. The maximum Gasteiger partial charge on any atom is 0.336 e. The number of fused-ring (bicyclic) bond motifs is 1. The van der Waals surface area contributed by atoms with Crippen LogP contribution in [0.3, 0.4) is 0 Å². The van der Waals surface area contributed by atoms with Gasteiger partial charge in [-0.1, -0.05) is 6.92 Å². The molecule has 1 aromatic heterocycles. The average molecular weight is 330 g/mol. The molecule has 0 saturated carbocycles. The molecule has 1 saturated heterocycles. The molecule has 130 valence electrons. The number of ether oxygens (including phenoxy) is 2. The Balaban J connectivity index is 1.49. The van der Waals surface area contributed by atoms with Gasteiger partial charge in [0, 0.05) is 17.5 Å². The first-order valence-electron chi connectivity index (χ1n) is 8.70. The Kier molecular flexibility index (Phi) is 4.68. The highest BCUT2D eigenvalue weighted by atomic mass is 16.6. The van der Waals surface area contributed by atoms with Gasteiger partial charge >= 0.3 is 5.63 Å². The number of rotatable bonds is 7. The van der Waals surface area contributed by atoms with Gasteiger partial charge in [0.25, 0.3) is 0 Å². The minimum absolute atomic E-state index is 0.0867. The lowest BCUT2D eigenvalue weighted by atomic mass is 9.98. The largest absolute Gasteiger partial charge is 0.493 e. The van der Waals surface area contributed by atoms with Crippen molar-refractivity contribution in [1.29, 1.82) is 0 Å². The summed E-state index contributed by atoms with van der Waals surface area (Å²) in [6.07, 6.45) is 3.70. The lowest BCUT2D eigenvalue weighted by Gasteiger charge is -2.12. The first-order valence-corrected chi connectivity index (χ1v) is 8.70. The van der Waals surface area contributed by atoms with Crippen molar-refractivity contribution in [3.63, 3.8) is 0 Å². The summed E-state index contributed by atoms with van der Waals surface area (Å²) in [6, 6.07) is 7.18. The van der Waals surface area contributed by atoms with Crippen molar-refractivity contribution in [3.8, 4) is 5.75 Å². The highest BCUT2D eigenvalue weighted by Gasteiger charge is 2.46. The Hall–Kier alpha value is -1.81. The predicted molar refractivity (Wildman–Crippen MR) is 94.7 cm³/mol. The molecular formula is C20H26O4. The van der Waals surface area contributed by atoms with E-state index in [-0.39, 0.29) is 11.2 Å². The molecule has 0 radical (unpaired) electrons. The lowest BCUT2D eigenvalue weighted by molar-refractivity contribution is 0.271. The summed E-state index contributed by atoms with van der Waals surface area (Å²) < 4.78 is 16.7. The van der Waals surface area contributed by atoms with Crippen molar-refractivity contribution in [2.45, 2.75) is 58.7 Å². The van der Waals surface area contributed by atoms with Gasteiger partial charge in [0.1, 0.15) is 11.3 Å². The minimum atomic E-state index is -0.323. The van der Waals surface area contributed by atoms with Crippen LogP contribution in [0.25, 0.3) is 11.0 Å². The van der Waals surface area contributed by atoms with Crippen molar-refractivity contribution in [3.05, 3.63) is 40.2 Å². The first-order chi connectivity index (χ1) is 11.3. The molecule has 1 unspecified atom stereocenters. The molecule has 0 N–H and O–H groups in total. The third-order valence-corrected chi connectivity index (χ3v) is 4.89. The molecule has 4 nitrogen and oxygen atoms in total. The third-order valence-electron chi connectivity index (χ3n) is 4.89. The molecule has 0 spiro atoms. The van der Waals surface area contributed by atoms with Crippen LogP contribution in [0, 0.1) is 12.8 Å². The number of benzene rings is 1. The van der Waals surface area contributed by atoms with Crippen molar-refractivity contribution in [2.75, 3.05) is 6.61 Å². The van der Waals surface area contributed by atoms with Crippen LogP contribution in [0.5, 0.6) is 5.75 Å². The van der Waals surface area contributed by atoms with Gasteiger partial charge in [0.15, 0.2) is 0 Å². The minimum Gasteiger partial charge on any atom is -0.493 e. The van der Waals surface area contributed by atoms with Gasteiger partial charge in [-0.05, 0) is 63.6 Å². The molecule has 2 atom stereocenters. The Morgan fingerprint density at radius 3 is 2.71 bits per heavy atom. The van der Waals surface area contributed by atoms with E-state index < -0.39 is 0 Å². The van der Waals surface area contributed by atoms with Gasteiger partial charge in [0.05, 0.1) is 18.3 Å². The number of hydrogen-bond acceptors (Lipinski definition) is 4. The van der Waals surface area contributed by atoms with E-state index in [0.717, 1.165) is 36.0 Å². The van der Waals surface area contributed by atoms with E-state index in [1.54, 1.807) is 6.07 Å². The standard InChI is InChI=1S/C20H26O4/c1-13(5-8-18-20(3,4)24-18)9-10-22-15-6-7-16-14(2)11-19(21)23-17(16)12-15/h6-7,11-13,18H,5,8-10H2,1-4H3/t13-,18?/m1/s1. The van der Waals surface area contributed by atoms with Gasteiger partial charge in [-0.3, -0.25) is 0 Å². The lowest BCUT2D eigenvalue weighted by Crippen LogP contribution is -2.08. The summed E-state index contributed by atoms with van der Waals surface area (Å²) in [5.41, 5.74) is 1.27. The van der Waals surface area contributed by atoms with E-state index in [1.807, 2.05) is 19.1 Å². The topological polar surface area (TPSA) is 52.0 Å². The number of epoxide rings is 1. The Morgan fingerprint density at radius 2 is 2.00 bits per heavy atom. The summed E-state index contributed by atoms with van der Waals surface area (Å²) in [5, 5.41) is 0.947. The van der Waals surface area contributed by atoms with Gasteiger partial charge in [-0.25, -0.2) is 4.79 Å². The van der Waals surface area contributed by atoms with E-state index in [1.165, 1.54) is 6.07 Å². The normalized spacial score (nSPS) is 20.1.